The summed E-state index contributed by atoms with van der Waals surface area (Å²) in [7, 11) is 1.59. The van der Waals surface area contributed by atoms with E-state index in [-0.39, 0.29) is 30.0 Å². The first kappa shape index (κ1) is 19.9. The molecule has 1 aliphatic rings. The molecule has 0 bridgehead atoms. The normalized spacial score (nSPS) is 19.5. The summed E-state index contributed by atoms with van der Waals surface area (Å²) in [5.74, 6) is 1.46. The van der Waals surface area contributed by atoms with Crippen molar-refractivity contribution in [2.24, 2.45) is 4.99 Å². The Bertz CT molecular complexity index is 521. The van der Waals surface area contributed by atoms with Crippen LogP contribution in [-0.4, -0.2) is 59.9 Å². The predicted molar refractivity (Wildman–Crippen MR) is 88.7 cm³/mol. The van der Waals surface area contributed by atoms with Gasteiger partial charge in [0.15, 0.2) is 11.8 Å². The van der Waals surface area contributed by atoms with Crippen molar-refractivity contribution in [3.63, 3.8) is 0 Å². The van der Waals surface area contributed by atoms with Crippen LogP contribution in [0.15, 0.2) is 9.52 Å². The molecule has 0 amide bonds. The van der Waals surface area contributed by atoms with E-state index in [1.165, 1.54) is 4.90 Å². The lowest BCUT2D eigenvalue weighted by molar-refractivity contribution is -0.143. The number of guanidine groups is 1. The van der Waals surface area contributed by atoms with Crippen molar-refractivity contribution in [2.45, 2.75) is 32.1 Å². The van der Waals surface area contributed by atoms with E-state index >= 15 is 0 Å². The third kappa shape index (κ3) is 6.89. The van der Waals surface area contributed by atoms with Gasteiger partial charge >= 0.3 is 6.18 Å². The number of rotatable bonds is 4. The number of aliphatic imine (C=N–C) groups is 1. The van der Waals surface area contributed by atoms with Crippen molar-refractivity contribution >= 4 is 29.9 Å². The largest absolute Gasteiger partial charge is 0.401 e. The number of hydrogen-bond acceptors (Lipinski definition) is 5. The molecule has 0 aliphatic carbocycles. The maximum Gasteiger partial charge on any atom is 0.401 e. The minimum atomic E-state index is -4.16. The number of alkyl halides is 3. The van der Waals surface area contributed by atoms with E-state index in [9.17, 15) is 13.2 Å². The monoisotopic (exact) mass is 448 g/mol. The van der Waals surface area contributed by atoms with Crippen LogP contribution in [0.4, 0.5) is 13.2 Å². The highest BCUT2D eigenvalue weighted by Gasteiger charge is 2.34. The molecule has 1 atom stereocenters. The lowest BCUT2D eigenvalue weighted by atomic mass is 10.3. The van der Waals surface area contributed by atoms with E-state index < -0.39 is 12.7 Å². The number of halogens is 4. The molecule has 7 nitrogen and oxygen atoms in total. The van der Waals surface area contributed by atoms with Gasteiger partial charge in [-0.1, -0.05) is 5.16 Å². The molecule has 1 fully saturated rings. The average Bonchev–Trinajstić information content (AvgIpc) is 3.02. The first-order valence-corrected chi connectivity index (χ1v) is 6.91. The highest BCUT2D eigenvalue weighted by atomic mass is 127. The fourth-order valence-electron chi connectivity index (χ4n) is 2.31. The van der Waals surface area contributed by atoms with Crippen molar-refractivity contribution in [3.8, 4) is 0 Å². The minimum absolute atomic E-state index is 0. The molecule has 2 N–H and O–H groups in total. The van der Waals surface area contributed by atoms with Crippen LogP contribution in [0.2, 0.25) is 0 Å². The highest BCUT2D eigenvalue weighted by molar-refractivity contribution is 14.0. The van der Waals surface area contributed by atoms with E-state index in [0.29, 0.717) is 43.7 Å². The number of aryl methyl sites for hydroxylation is 1. The number of likely N-dealkylation sites (tertiary alicyclic amines) is 1. The molecule has 23 heavy (non-hydrogen) atoms. The predicted octanol–water partition coefficient (Wildman–Crippen LogP) is 1.30. The Kier molecular flexibility index (Phi) is 7.51. The number of nitrogens with one attached hydrogen (secondary N) is 2. The second kappa shape index (κ2) is 8.66. The summed E-state index contributed by atoms with van der Waals surface area (Å²) < 4.78 is 42.0. The smallest absolute Gasteiger partial charge is 0.352 e. The quantitative estimate of drug-likeness (QED) is 0.411. The fourth-order valence-corrected chi connectivity index (χ4v) is 2.31. The standard InChI is InChI=1S/C12H19F3N6O.HI/c1-8-18-10(22-20-8)5-17-11(16-2)19-9-3-4-21(6-9)7-12(13,14)15;/h9H,3-7H2,1-2H3,(H2,16,17,19);1H. The van der Waals surface area contributed by atoms with Gasteiger partial charge < -0.3 is 15.2 Å². The molecule has 1 unspecified atom stereocenters. The SMILES string of the molecule is CN=C(NCc1nc(C)no1)NC1CCN(CC(F)(F)F)C1.I. The summed E-state index contributed by atoms with van der Waals surface area (Å²) in [4.78, 5) is 9.46. The van der Waals surface area contributed by atoms with Crippen LogP contribution in [0, 0.1) is 6.92 Å². The lowest BCUT2D eigenvalue weighted by Crippen LogP contribution is -2.44. The third-order valence-corrected chi connectivity index (χ3v) is 3.22. The van der Waals surface area contributed by atoms with Gasteiger partial charge in [0.2, 0.25) is 5.89 Å². The summed E-state index contributed by atoms with van der Waals surface area (Å²) in [6.45, 7) is 1.89. The van der Waals surface area contributed by atoms with Gasteiger partial charge in [-0.25, -0.2) is 0 Å². The van der Waals surface area contributed by atoms with Gasteiger partial charge in [0, 0.05) is 26.2 Å². The van der Waals surface area contributed by atoms with E-state index in [0.717, 1.165) is 0 Å². The van der Waals surface area contributed by atoms with Gasteiger partial charge in [0.25, 0.3) is 0 Å². The van der Waals surface area contributed by atoms with Gasteiger partial charge in [0.05, 0.1) is 13.1 Å². The van der Waals surface area contributed by atoms with Gasteiger partial charge in [-0.3, -0.25) is 9.89 Å². The topological polar surface area (TPSA) is 78.6 Å². The van der Waals surface area contributed by atoms with Crippen LogP contribution in [-0.2, 0) is 6.54 Å². The molecule has 1 saturated heterocycles. The summed E-state index contributed by atoms with van der Waals surface area (Å²) in [5, 5.41) is 9.76. The van der Waals surface area contributed by atoms with Crippen LogP contribution < -0.4 is 10.6 Å². The van der Waals surface area contributed by atoms with E-state index in [1.807, 2.05) is 0 Å². The molecule has 0 saturated carbocycles. The molecule has 2 heterocycles. The zero-order valence-corrected chi connectivity index (χ0v) is 15.2. The van der Waals surface area contributed by atoms with Crippen LogP contribution in [0.5, 0.6) is 0 Å². The molecule has 1 aromatic rings. The Morgan fingerprint density at radius 3 is 2.78 bits per heavy atom. The Morgan fingerprint density at radius 1 is 1.48 bits per heavy atom. The molecule has 0 aromatic carbocycles. The average molecular weight is 448 g/mol. The number of aromatic nitrogens is 2. The van der Waals surface area contributed by atoms with Crippen LogP contribution in [0.1, 0.15) is 18.1 Å². The zero-order valence-electron chi connectivity index (χ0n) is 12.9. The Morgan fingerprint density at radius 2 is 2.22 bits per heavy atom. The summed E-state index contributed by atoms with van der Waals surface area (Å²) in [6, 6.07) is -0.0713. The second-order valence-corrected chi connectivity index (χ2v) is 5.14. The molecule has 132 valence electrons. The van der Waals surface area contributed by atoms with Crippen molar-refractivity contribution in [1.82, 2.24) is 25.7 Å². The fraction of sp³-hybridized carbons (Fsp3) is 0.750. The Hall–Kier alpha value is -1.11. The maximum atomic E-state index is 12.4. The third-order valence-electron chi connectivity index (χ3n) is 3.22. The van der Waals surface area contributed by atoms with Crippen molar-refractivity contribution < 1.29 is 17.7 Å². The highest BCUT2D eigenvalue weighted by Crippen LogP contribution is 2.19. The van der Waals surface area contributed by atoms with Gasteiger partial charge in [-0.2, -0.15) is 18.2 Å². The first-order valence-electron chi connectivity index (χ1n) is 6.91. The van der Waals surface area contributed by atoms with Crippen LogP contribution in [0.25, 0.3) is 0 Å². The van der Waals surface area contributed by atoms with Crippen LogP contribution in [0.3, 0.4) is 0 Å². The molecular weight excluding hydrogens is 428 g/mol. The maximum absolute atomic E-state index is 12.4. The lowest BCUT2D eigenvalue weighted by Gasteiger charge is -2.19. The van der Waals surface area contributed by atoms with Crippen molar-refractivity contribution in [2.75, 3.05) is 26.7 Å². The summed E-state index contributed by atoms with van der Waals surface area (Å²) in [6.07, 6.45) is -3.53. The number of nitrogens with zero attached hydrogens (tertiary/aromatic N) is 4. The van der Waals surface area contributed by atoms with Gasteiger partial charge in [0.1, 0.15) is 0 Å². The second-order valence-electron chi connectivity index (χ2n) is 5.14. The molecule has 11 heteroatoms. The summed E-state index contributed by atoms with van der Waals surface area (Å²) >= 11 is 0. The van der Waals surface area contributed by atoms with Gasteiger partial charge in [-0.05, 0) is 13.3 Å². The van der Waals surface area contributed by atoms with Crippen LogP contribution >= 0.6 is 24.0 Å². The molecule has 1 aliphatic heterocycles. The van der Waals surface area contributed by atoms with Crippen molar-refractivity contribution in [1.29, 1.82) is 0 Å². The molecular formula is C12H20F3IN6O. The Labute approximate surface area is 149 Å². The van der Waals surface area contributed by atoms with Crippen molar-refractivity contribution in [3.05, 3.63) is 11.7 Å². The molecule has 0 radical (unpaired) electrons. The Balaban J connectivity index is 0.00000264. The van der Waals surface area contributed by atoms with E-state index in [2.05, 4.69) is 25.8 Å². The molecule has 1 aromatic heterocycles. The summed E-state index contributed by atoms with van der Waals surface area (Å²) in [5.41, 5.74) is 0. The molecule has 2 rings (SSSR count). The first-order chi connectivity index (χ1) is 10.4. The van der Waals surface area contributed by atoms with E-state index in [4.69, 9.17) is 4.52 Å². The minimum Gasteiger partial charge on any atom is -0.352 e. The van der Waals surface area contributed by atoms with E-state index in [1.54, 1.807) is 14.0 Å². The number of hydrogen-bond donors (Lipinski definition) is 2. The zero-order chi connectivity index (χ0) is 16.2. The molecule has 0 spiro atoms. The van der Waals surface area contributed by atoms with Gasteiger partial charge in [-0.15, -0.1) is 24.0 Å².